The van der Waals surface area contributed by atoms with E-state index in [9.17, 15) is 27.6 Å². The van der Waals surface area contributed by atoms with E-state index in [0.717, 1.165) is 13.1 Å². The van der Waals surface area contributed by atoms with Gasteiger partial charge in [-0.3, -0.25) is 14.2 Å². The van der Waals surface area contributed by atoms with Crippen LogP contribution in [0.15, 0.2) is 33.9 Å². The molecule has 10 heteroatoms. The van der Waals surface area contributed by atoms with Crippen molar-refractivity contribution in [2.45, 2.75) is 6.18 Å². The van der Waals surface area contributed by atoms with Crippen molar-refractivity contribution >= 4 is 28.4 Å². The lowest BCUT2D eigenvalue weighted by molar-refractivity contribution is -0.144. The summed E-state index contributed by atoms with van der Waals surface area (Å²) in [4.78, 5) is 35.3. The third kappa shape index (κ3) is 3.18. The quantitative estimate of drug-likeness (QED) is 0.767. The summed E-state index contributed by atoms with van der Waals surface area (Å²) in [5, 5.41) is -0.959. The minimum absolute atomic E-state index is 0.0227. The van der Waals surface area contributed by atoms with Crippen LogP contribution in [0.4, 0.5) is 13.2 Å². The highest BCUT2D eigenvalue weighted by Gasteiger charge is 2.35. The van der Waals surface area contributed by atoms with Gasteiger partial charge in [-0.1, -0.05) is 11.6 Å². The Morgan fingerprint density at radius 3 is 2.30 bits per heavy atom. The van der Waals surface area contributed by atoms with Crippen molar-refractivity contribution in [1.82, 2.24) is 9.13 Å². The van der Waals surface area contributed by atoms with E-state index >= 15 is 0 Å². The van der Waals surface area contributed by atoms with E-state index in [-0.39, 0.29) is 26.9 Å². The van der Waals surface area contributed by atoms with Crippen molar-refractivity contribution in [3.05, 3.63) is 61.4 Å². The number of carbonyl (C=O) groups is 1. The van der Waals surface area contributed by atoms with E-state index in [1.54, 1.807) is 0 Å². The number of halogens is 5. The summed E-state index contributed by atoms with van der Waals surface area (Å²) >= 11 is 11.1. The third-order valence-electron chi connectivity index (χ3n) is 3.03. The van der Waals surface area contributed by atoms with E-state index < -0.39 is 28.4 Å². The number of nitrogens with zero attached hydrogens (tertiary/aromatic N) is 2. The average molecular weight is 367 g/mol. The van der Waals surface area contributed by atoms with Gasteiger partial charge in [0, 0.05) is 13.1 Å². The first-order valence-electron chi connectivity index (χ1n) is 5.94. The van der Waals surface area contributed by atoms with Crippen molar-refractivity contribution in [3.8, 4) is 5.69 Å². The molecule has 1 aromatic carbocycles. The summed E-state index contributed by atoms with van der Waals surface area (Å²) < 4.78 is 39.1. The largest absolute Gasteiger partial charge is 0.431 e. The van der Waals surface area contributed by atoms with Crippen LogP contribution in [0.3, 0.4) is 0 Å². The molecular formula is C13H7Cl2F3N2O3. The molecule has 122 valence electrons. The maximum absolute atomic E-state index is 12.8. The first-order valence-corrected chi connectivity index (χ1v) is 6.69. The normalized spacial score (nSPS) is 11.6. The van der Waals surface area contributed by atoms with Gasteiger partial charge in [-0.05, 0) is 29.8 Å². The van der Waals surface area contributed by atoms with Gasteiger partial charge in [0.25, 0.3) is 10.8 Å². The molecule has 1 aromatic heterocycles. The average Bonchev–Trinajstić information content (AvgIpc) is 2.43. The lowest BCUT2D eigenvalue weighted by Crippen LogP contribution is -2.40. The summed E-state index contributed by atoms with van der Waals surface area (Å²) in [5.74, 6) is 0. The molecule has 0 amide bonds. The van der Waals surface area contributed by atoms with E-state index in [2.05, 4.69) is 0 Å². The number of hydrogen-bond donors (Lipinski definition) is 0. The third-order valence-corrected chi connectivity index (χ3v) is 3.56. The van der Waals surface area contributed by atoms with Gasteiger partial charge in [0.05, 0.1) is 16.3 Å². The van der Waals surface area contributed by atoms with Crippen molar-refractivity contribution in [2.24, 2.45) is 7.05 Å². The second kappa shape index (κ2) is 5.86. The van der Waals surface area contributed by atoms with Crippen LogP contribution < -0.4 is 11.2 Å². The lowest BCUT2D eigenvalue weighted by atomic mass is 10.2. The molecular weight excluding hydrogens is 360 g/mol. The number of alkyl halides is 3. The zero-order chi connectivity index (χ0) is 17.5. The highest BCUT2D eigenvalue weighted by atomic mass is 35.5. The summed E-state index contributed by atoms with van der Waals surface area (Å²) in [6, 6.07) is 3.75. The molecule has 0 saturated carbocycles. The van der Waals surface area contributed by atoms with Crippen LogP contribution in [0.5, 0.6) is 0 Å². The van der Waals surface area contributed by atoms with Gasteiger partial charge in [0.2, 0.25) is 0 Å². The van der Waals surface area contributed by atoms with Crippen LogP contribution in [0.2, 0.25) is 5.02 Å². The van der Waals surface area contributed by atoms with Crippen molar-refractivity contribution < 1.29 is 18.0 Å². The molecule has 2 aromatic rings. The zero-order valence-corrected chi connectivity index (χ0v) is 12.8. The summed E-state index contributed by atoms with van der Waals surface area (Å²) in [5.41, 5.74) is -4.11. The van der Waals surface area contributed by atoms with Gasteiger partial charge in [0.1, 0.15) is 5.69 Å². The second-order valence-electron chi connectivity index (χ2n) is 4.48. The Labute approximate surface area is 136 Å². The smallest absolute Gasteiger partial charge is 0.292 e. The fourth-order valence-electron chi connectivity index (χ4n) is 1.94. The maximum atomic E-state index is 12.8. The zero-order valence-electron chi connectivity index (χ0n) is 11.3. The highest BCUT2D eigenvalue weighted by molar-refractivity contribution is 6.68. The topological polar surface area (TPSA) is 61.1 Å². The molecule has 2 rings (SSSR count). The van der Waals surface area contributed by atoms with Crippen LogP contribution in [0.1, 0.15) is 16.1 Å². The Hall–Kier alpha value is -2.06. The number of rotatable bonds is 2. The monoisotopic (exact) mass is 366 g/mol. The maximum Gasteiger partial charge on any atom is 0.431 e. The molecule has 1 heterocycles. The molecule has 0 bridgehead atoms. The number of aromatic nitrogens is 2. The first-order chi connectivity index (χ1) is 10.5. The molecule has 0 fully saturated rings. The number of carbonyl (C=O) groups excluding carboxylic acids is 1. The molecule has 0 atom stereocenters. The Bertz CT molecular complexity index is 916. The van der Waals surface area contributed by atoms with Gasteiger partial charge < -0.3 is 0 Å². The van der Waals surface area contributed by atoms with Crippen LogP contribution in [-0.4, -0.2) is 14.4 Å². The molecule has 0 N–H and O–H groups in total. The Morgan fingerprint density at radius 1 is 1.17 bits per heavy atom. The predicted molar refractivity (Wildman–Crippen MR) is 77.5 cm³/mol. The van der Waals surface area contributed by atoms with Gasteiger partial charge in [-0.2, -0.15) is 13.2 Å². The highest BCUT2D eigenvalue weighted by Crippen LogP contribution is 2.27. The van der Waals surface area contributed by atoms with Crippen molar-refractivity contribution in [1.29, 1.82) is 0 Å². The van der Waals surface area contributed by atoms with E-state index in [1.165, 1.54) is 12.1 Å². The summed E-state index contributed by atoms with van der Waals surface area (Å²) in [6.07, 6.45) is -4.86. The van der Waals surface area contributed by atoms with Crippen molar-refractivity contribution in [2.75, 3.05) is 0 Å². The molecule has 0 aliphatic rings. The molecule has 5 nitrogen and oxygen atoms in total. The molecule has 0 aliphatic heterocycles. The van der Waals surface area contributed by atoms with Crippen LogP contribution >= 0.6 is 23.2 Å². The standard InChI is InChI=1S/C13H7Cl2F3N2O3/c1-19-9(13(16,17)18)5-10(21)20(12(19)23)6-2-3-8(14)7(4-6)11(15)22/h2-5H,1H3. The summed E-state index contributed by atoms with van der Waals surface area (Å²) in [7, 11) is 0.880. The van der Waals surface area contributed by atoms with Crippen LogP contribution in [-0.2, 0) is 13.2 Å². The fraction of sp³-hybridized carbons (Fsp3) is 0.154. The second-order valence-corrected chi connectivity index (χ2v) is 5.23. The van der Waals surface area contributed by atoms with E-state index in [4.69, 9.17) is 23.2 Å². The molecule has 0 aliphatic carbocycles. The van der Waals surface area contributed by atoms with Gasteiger partial charge in [-0.25, -0.2) is 9.36 Å². The molecule has 0 saturated heterocycles. The van der Waals surface area contributed by atoms with Crippen LogP contribution in [0, 0.1) is 0 Å². The SMILES string of the molecule is Cn1c(C(F)(F)F)cc(=O)n(-c2ccc(Cl)c(C(=O)Cl)c2)c1=O. The molecule has 0 unspecified atom stereocenters. The predicted octanol–water partition coefficient (Wildman–Crippen LogP) is 2.59. The van der Waals surface area contributed by atoms with Crippen LogP contribution in [0.25, 0.3) is 5.69 Å². The van der Waals surface area contributed by atoms with E-state index in [1.807, 2.05) is 0 Å². The Morgan fingerprint density at radius 2 is 1.78 bits per heavy atom. The van der Waals surface area contributed by atoms with Crippen molar-refractivity contribution in [3.63, 3.8) is 0 Å². The summed E-state index contributed by atoms with van der Waals surface area (Å²) in [6.45, 7) is 0. The lowest BCUT2D eigenvalue weighted by Gasteiger charge is -2.14. The molecule has 23 heavy (non-hydrogen) atoms. The molecule has 0 spiro atoms. The van der Waals surface area contributed by atoms with Gasteiger partial charge in [0.15, 0.2) is 0 Å². The Balaban J connectivity index is 2.79. The number of benzene rings is 1. The minimum Gasteiger partial charge on any atom is -0.292 e. The van der Waals surface area contributed by atoms with Gasteiger partial charge >= 0.3 is 11.9 Å². The minimum atomic E-state index is -4.86. The van der Waals surface area contributed by atoms with E-state index in [0.29, 0.717) is 4.57 Å². The van der Waals surface area contributed by atoms with Gasteiger partial charge in [-0.15, -0.1) is 0 Å². The Kier molecular flexibility index (Phi) is 4.41. The molecule has 0 radical (unpaired) electrons. The number of hydrogen-bond acceptors (Lipinski definition) is 3. The first kappa shape index (κ1) is 17.3. The fourth-order valence-corrected chi connectivity index (χ4v) is 2.35.